The van der Waals surface area contributed by atoms with Crippen molar-refractivity contribution in [1.82, 2.24) is 9.55 Å². The molecule has 0 bridgehead atoms. The van der Waals surface area contributed by atoms with Crippen LogP contribution in [0.15, 0.2) is 35.1 Å². The molecule has 2 aromatic rings. The molecule has 0 aliphatic rings. The molecular weight excluding hydrogens is 366 g/mol. The maximum absolute atomic E-state index is 12.4. The van der Waals surface area contributed by atoms with Crippen molar-refractivity contribution in [2.45, 2.75) is 78.9 Å². The monoisotopic (exact) mass is 399 g/mol. The highest BCUT2D eigenvalue weighted by atomic mass is 16.5. The minimum absolute atomic E-state index is 0.0532. The lowest BCUT2D eigenvalue weighted by atomic mass is 10.1. The lowest BCUT2D eigenvalue weighted by Gasteiger charge is -2.15. The van der Waals surface area contributed by atoms with Crippen LogP contribution in [-0.2, 0) is 17.8 Å². The van der Waals surface area contributed by atoms with E-state index in [0.717, 1.165) is 12.2 Å². The molecule has 1 N–H and O–H groups in total. The molecule has 0 saturated heterocycles. The summed E-state index contributed by atoms with van der Waals surface area (Å²) in [6.45, 7) is 7.93. The van der Waals surface area contributed by atoms with Gasteiger partial charge >= 0.3 is 0 Å². The Hall–Kier alpha value is -2.63. The minimum atomic E-state index is -0.259. The molecule has 158 valence electrons. The molecule has 1 aromatic carbocycles. The van der Waals surface area contributed by atoms with Gasteiger partial charge in [-0.1, -0.05) is 33.1 Å². The largest absolute Gasteiger partial charge is 0.491 e. The Morgan fingerprint density at radius 3 is 2.55 bits per heavy atom. The Balaban J connectivity index is 1.90. The number of hydrogen-bond donors (Lipinski definition) is 1. The zero-order chi connectivity index (χ0) is 21.2. The van der Waals surface area contributed by atoms with Crippen LogP contribution in [0, 0.1) is 6.92 Å². The van der Waals surface area contributed by atoms with E-state index >= 15 is 0 Å². The minimum Gasteiger partial charge on any atom is -0.491 e. The van der Waals surface area contributed by atoms with E-state index < -0.39 is 0 Å². The van der Waals surface area contributed by atoms with Gasteiger partial charge in [0.05, 0.1) is 6.10 Å². The van der Waals surface area contributed by atoms with Crippen molar-refractivity contribution < 1.29 is 9.53 Å². The quantitative estimate of drug-likeness (QED) is 0.565. The molecule has 1 heterocycles. The summed E-state index contributed by atoms with van der Waals surface area (Å²) in [6, 6.07) is 8.79. The molecule has 0 fully saturated rings. The van der Waals surface area contributed by atoms with Crippen LogP contribution < -0.4 is 15.6 Å². The second-order valence-electron chi connectivity index (χ2n) is 7.44. The standard InChI is InChI=1S/C23H33N3O3/c1-5-7-8-9-10-18(4)29-20-13-11-19(12-14-20)25-22(27)16-26-21(6-2)24-17(3)15-23(26)28/h11-15,18H,5-10,16H2,1-4H3,(H,25,27). The van der Waals surface area contributed by atoms with Gasteiger partial charge in [0.1, 0.15) is 18.1 Å². The van der Waals surface area contributed by atoms with Crippen LogP contribution in [0.1, 0.15) is 64.4 Å². The Morgan fingerprint density at radius 2 is 1.90 bits per heavy atom. The number of rotatable bonds is 11. The van der Waals surface area contributed by atoms with Gasteiger partial charge < -0.3 is 10.1 Å². The molecule has 0 saturated carbocycles. The number of nitrogens with zero attached hydrogens (tertiary/aromatic N) is 2. The maximum atomic E-state index is 12.4. The number of ether oxygens (including phenoxy) is 1. The first-order valence-electron chi connectivity index (χ1n) is 10.6. The van der Waals surface area contributed by atoms with Crippen molar-refractivity contribution in [2.24, 2.45) is 0 Å². The van der Waals surface area contributed by atoms with E-state index in [0.29, 0.717) is 23.6 Å². The van der Waals surface area contributed by atoms with Crippen molar-refractivity contribution in [2.75, 3.05) is 5.32 Å². The van der Waals surface area contributed by atoms with Crippen molar-refractivity contribution in [3.05, 3.63) is 52.2 Å². The van der Waals surface area contributed by atoms with E-state index in [1.807, 2.05) is 31.2 Å². The molecule has 0 radical (unpaired) electrons. The number of carbonyl (C=O) groups is 1. The van der Waals surface area contributed by atoms with Gasteiger partial charge in [-0.2, -0.15) is 0 Å². The normalized spacial score (nSPS) is 11.9. The average molecular weight is 400 g/mol. The number of anilines is 1. The first-order chi connectivity index (χ1) is 13.9. The van der Waals surface area contributed by atoms with E-state index in [1.165, 1.54) is 36.3 Å². The second-order valence-corrected chi connectivity index (χ2v) is 7.44. The third-order valence-electron chi connectivity index (χ3n) is 4.77. The van der Waals surface area contributed by atoms with Gasteiger partial charge in [0.25, 0.3) is 5.56 Å². The molecular formula is C23H33N3O3. The number of amides is 1. The molecule has 2 rings (SSSR count). The molecule has 29 heavy (non-hydrogen) atoms. The van der Waals surface area contributed by atoms with E-state index in [2.05, 4.69) is 24.1 Å². The van der Waals surface area contributed by atoms with E-state index in [1.54, 1.807) is 6.92 Å². The summed E-state index contributed by atoms with van der Waals surface area (Å²) in [5.74, 6) is 1.14. The Labute approximate surface area is 173 Å². The van der Waals surface area contributed by atoms with Gasteiger partial charge in [0.2, 0.25) is 5.91 Å². The number of aryl methyl sites for hydroxylation is 2. The summed E-state index contributed by atoms with van der Waals surface area (Å²) in [4.78, 5) is 28.9. The molecule has 1 aromatic heterocycles. The molecule has 0 spiro atoms. The fraction of sp³-hybridized carbons (Fsp3) is 0.522. The molecule has 6 heteroatoms. The van der Waals surface area contributed by atoms with Gasteiger partial charge in [-0.25, -0.2) is 4.98 Å². The van der Waals surface area contributed by atoms with Crippen LogP contribution in [-0.4, -0.2) is 21.6 Å². The fourth-order valence-electron chi connectivity index (χ4n) is 3.23. The zero-order valence-corrected chi connectivity index (χ0v) is 18.0. The van der Waals surface area contributed by atoms with Gasteiger partial charge in [-0.3, -0.25) is 14.2 Å². The smallest absolute Gasteiger partial charge is 0.254 e. The van der Waals surface area contributed by atoms with Crippen LogP contribution in [0.3, 0.4) is 0 Å². The molecule has 1 atom stereocenters. The molecule has 0 aliphatic carbocycles. The number of aromatic nitrogens is 2. The SMILES string of the molecule is CCCCCCC(C)Oc1ccc(NC(=O)Cn2c(CC)nc(C)cc2=O)cc1. The predicted molar refractivity (Wildman–Crippen MR) is 117 cm³/mol. The molecule has 1 unspecified atom stereocenters. The topological polar surface area (TPSA) is 73.2 Å². The van der Waals surface area contributed by atoms with Gasteiger partial charge in [-0.15, -0.1) is 0 Å². The highest BCUT2D eigenvalue weighted by Gasteiger charge is 2.11. The van der Waals surface area contributed by atoms with Crippen LogP contribution in [0.5, 0.6) is 5.75 Å². The number of unbranched alkanes of at least 4 members (excludes halogenated alkanes) is 3. The highest BCUT2D eigenvalue weighted by molar-refractivity contribution is 5.90. The first-order valence-corrected chi connectivity index (χ1v) is 10.6. The highest BCUT2D eigenvalue weighted by Crippen LogP contribution is 2.19. The maximum Gasteiger partial charge on any atom is 0.254 e. The zero-order valence-electron chi connectivity index (χ0n) is 18.0. The number of nitrogens with one attached hydrogen (secondary N) is 1. The van der Waals surface area contributed by atoms with Crippen molar-refractivity contribution in [1.29, 1.82) is 0 Å². The Bertz CT molecular complexity index is 843. The Kier molecular flexibility index (Phi) is 8.90. The second kappa shape index (κ2) is 11.4. The summed E-state index contributed by atoms with van der Waals surface area (Å²) >= 11 is 0. The van der Waals surface area contributed by atoms with Gasteiger partial charge in [0.15, 0.2) is 0 Å². The van der Waals surface area contributed by atoms with Crippen LogP contribution in [0.4, 0.5) is 5.69 Å². The van der Waals surface area contributed by atoms with E-state index in [-0.39, 0.29) is 24.1 Å². The number of benzene rings is 1. The number of carbonyl (C=O) groups excluding carboxylic acids is 1. The van der Waals surface area contributed by atoms with Crippen molar-refractivity contribution in [3.63, 3.8) is 0 Å². The average Bonchev–Trinajstić information content (AvgIpc) is 2.68. The van der Waals surface area contributed by atoms with Crippen molar-refractivity contribution in [3.8, 4) is 5.75 Å². The van der Waals surface area contributed by atoms with Gasteiger partial charge in [0, 0.05) is 23.9 Å². The third-order valence-corrected chi connectivity index (χ3v) is 4.77. The van der Waals surface area contributed by atoms with Crippen molar-refractivity contribution >= 4 is 11.6 Å². The predicted octanol–water partition coefficient (Wildman–Crippen LogP) is 4.49. The number of hydrogen-bond acceptors (Lipinski definition) is 4. The van der Waals surface area contributed by atoms with E-state index in [9.17, 15) is 9.59 Å². The molecule has 0 aliphatic heterocycles. The van der Waals surface area contributed by atoms with E-state index in [4.69, 9.17) is 4.74 Å². The van der Waals surface area contributed by atoms with Gasteiger partial charge in [-0.05, 0) is 51.0 Å². The fourth-order valence-corrected chi connectivity index (χ4v) is 3.23. The third kappa shape index (κ3) is 7.37. The van der Waals surface area contributed by atoms with Crippen LogP contribution in [0.2, 0.25) is 0 Å². The van der Waals surface area contributed by atoms with Crippen LogP contribution in [0.25, 0.3) is 0 Å². The Morgan fingerprint density at radius 1 is 1.17 bits per heavy atom. The molecule has 1 amide bonds. The first kappa shape index (κ1) is 22.7. The van der Waals surface area contributed by atoms with Crippen LogP contribution >= 0.6 is 0 Å². The summed E-state index contributed by atoms with van der Waals surface area (Å²) in [5, 5.41) is 2.83. The molecule has 6 nitrogen and oxygen atoms in total. The summed E-state index contributed by atoms with van der Waals surface area (Å²) in [7, 11) is 0. The summed E-state index contributed by atoms with van der Waals surface area (Å²) < 4.78 is 7.36. The lowest BCUT2D eigenvalue weighted by molar-refractivity contribution is -0.116. The summed E-state index contributed by atoms with van der Waals surface area (Å²) in [6.07, 6.45) is 6.72. The summed E-state index contributed by atoms with van der Waals surface area (Å²) in [5.41, 5.74) is 1.13. The lowest BCUT2D eigenvalue weighted by Crippen LogP contribution is -2.30.